The van der Waals surface area contributed by atoms with Crippen LogP contribution in [0.15, 0.2) is 29.3 Å². The molecule has 6 heteroatoms. The minimum Gasteiger partial charge on any atom is -0.357 e. The van der Waals surface area contributed by atoms with Crippen LogP contribution in [0.4, 0.5) is 0 Å². The van der Waals surface area contributed by atoms with Crippen molar-refractivity contribution in [1.82, 2.24) is 15.5 Å². The predicted octanol–water partition coefficient (Wildman–Crippen LogP) is 3.32. The molecule has 0 saturated heterocycles. The third-order valence-corrected chi connectivity index (χ3v) is 5.03. The summed E-state index contributed by atoms with van der Waals surface area (Å²) in [6.07, 6.45) is 4.15. The second-order valence-electron chi connectivity index (χ2n) is 7.16. The predicted molar refractivity (Wildman–Crippen MR) is 119 cm³/mol. The monoisotopic (exact) mass is 472 g/mol. The van der Waals surface area contributed by atoms with E-state index in [4.69, 9.17) is 4.99 Å². The van der Waals surface area contributed by atoms with Crippen LogP contribution in [0.25, 0.3) is 0 Å². The first-order valence-electron chi connectivity index (χ1n) is 9.27. The molecule has 146 valence electrons. The van der Waals surface area contributed by atoms with Gasteiger partial charge in [-0.05, 0) is 37.8 Å². The molecule has 1 aromatic rings. The van der Waals surface area contributed by atoms with Crippen LogP contribution in [0.3, 0.4) is 0 Å². The van der Waals surface area contributed by atoms with Gasteiger partial charge in [0.15, 0.2) is 5.96 Å². The van der Waals surface area contributed by atoms with Crippen LogP contribution < -0.4 is 10.6 Å². The Morgan fingerprint density at radius 2 is 1.85 bits per heavy atom. The lowest BCUT2D eigenvalue weighted by atomic mass is 9.84. The molecular weight excluding hydrogens is 439 g/mol. The lowest BCUT2D eigenvalue weighted by Crippen LogP contribution is -2.49. The van der Waals surface area contributed by atoms with Crippen molar-refractivity contribution < 1.29 is 4.79 Å². The first-order valence-corrected chi connectivity index (χ1v) is 9.27. The molecule has 0 radical (unpaired) electrons. The molecular formula is C20H33IN4O. The molecule has 1 aliphatic carbocycles. The molecule has 0 aliphatic heterocycles. The Morgan fingerprint density at radius 3 is 2.42 bits per heavy atom. The van der Waals surface area contributed by atoms with Crippen LogP contribution in [-0.4, -0.2) is 44.0 Å². The van der Waals surface area contributed by atoms with Crippen molar-refractivity contribution >= 4 is 35.8 Å². The minimum absolute atomic E-state index is 0. The zero-order valence-electron chi connectivity index (χ0n) is 16.5. The maximum absolute atomic E-state index is 12.7. The number of nitrogens with one attached hydrogen (secondary N) is 2. The van der Waals surface area contributed by atoms with Crippen LogP contribution in [0.1, 0.15) is 43.7 Å². The smallest absolute Gasteiger partial charge is 0.230 e. The van der Waals surface area contributed by atoms with Gasteiger partial charge < -0.3 is 15.5 Å². The van der Waals surface area contributed by atoms with Crippen molar-refractivity contribution in [1.29, 1.82) is 0 Å². The van der Waals surface area contributed by atoms with E-state index in [1.807, 2.05) is 26.2 Å². The fourth-order valence-corrected chi connectivity index (χ4v) is 3.54. The van der Waals surface area contributed by atoms with Gasteiger partial charge in [0.25, 0.3) is 0 Å². The number of amides is 1. The van der Waals surface area contributed by atoms with E-state index in [1.165, 1.54) is 11.1 Å². The van der Waals surface area contributed by atoms with E-state index in [0.29, 0.717) is 13.1 Å². The number of aryl methyl sites for hydroxylation is 1. The second-order valence-corrected chi connectivity index (χ2v) is 7.16. The van der Waals surface area contributed by atoms with Gasteiger partial charge in [0.05, 0.1) is 12.0 Å². The second kappa shape index (κ2) is 10.7. The molecule has 1 aliphatic rings. The fraction of sp³-hybridized carbons (Fsp3) is 0.600. The summed E-state index contributed by atoms with van der Waals surface area (Å²) in [4.78, 5) is 19.1. The van der Waals surface area contributed by atoms with Gasteiger partial charge in [0.2, 0.25) is 5.91 Å². The molecule has 0 unspecified atom stereocenters. The Morgan fingerprint density at radius 1 is 1.19 bits per heavy atom. The maximum Gasteiger partial charge on any atom is 0.230 e. The van der Waals surface area contributed by atoms with Crippen LogP contribution in [0.2, 0.25) is 0 Å². The summed E-state index contributed by atoms with van der Waals surface area (Å²) >= 11 is 0. The highest BCUT2D eigenvalue weighted by Crippen LogP contribution is 2.38. The average Bonchev–Trinajstić information content (AvgIpc) is 3.08. The van der Waals surface area contributed by atoms with Gasteiger partial charge in [-0.2, -0.15) is 0 Å². The fourth-order valence-electron chi connectivity index (χ4n) is 3.54. The summed E-state index contributed by atoms with van der Waals surface area (Å²) in [6, 6.07) is 8.30. The van der Waals surface area contributed by atoms with Crippen molar-refractivity contribution in [3.63, 3.8) is 0 Å². The molecule has 1 amide bonds. The van der Waals surface area contributed by atoms with Gasteiger partial charge in [0, 0.05) is 27.2 Å². The highest BCUT2D eigenvalue weighted by atomic mass is 127. The third-order valence-electron chi connectivity index (χ3n) is 5.03. The van der Waals surface area contributed by atoms with Crippen LogP contribution in [-0.2, 0) is 11.3 Å². The number of carbonyl (C=O) groups is 1. The number of carbonyl (C=O) groups excluding carboxylic acids is 1. The van der Waals surface area contributed by atoms with E-state index in [2.05, 4.69) is 36.6 Å². The Balaban J connectivity index is 0.00000338. The molecule has 2 rings (SSSR count). The molecule has 1 fully saturated rings. The van der Waals surface area contributed by atoms with Crippen LogP contribution in [0, 0.1) is 12.3 Å². The van der Waals surface area contributed by atoms with Gasteiger partial charge in [-0.3, -0.25) is 4.79 Å². The van der Waals surface area contributed by atoms with Crippen LogP contribution in [0.5, 0.6) is 0 Å². The molecule has 0 atom stereocenters. The molecule has 2 N–H and O–H groups in total. The summed E-state index contributed by atoms with van der Waals surface area (Å²) in [6.45, 7) is 6.24. The summed E-state index contributed by atoms with van der Waals surface area (Å²) in [5.41, 5.74) is 2.18. The summed E-state index contributed by atoms with van der Waals surface area (Å²) < 4.78 is 0. The first-order chi connectivity index (χ1) is 12.0. The quantitative estimate of drug-likeness (QED) is 0.380. The zero-order valence-corrected chi connectivity index (χ0v) is 18.8. The van der Waals surface area contributed by atoms with Gasteiger partial charge in [-0.15, -0.1) is 24.0 Å². The van der Waals surface area contributed by atoms with Gasteiger partial charge in [0.1, 0.15) is 0 Å². The number of hydrogen-bond donors (Lipinski definition) is 2. The number of rotatable bonds is 6. The largest absolute Gasteiger partial charge is 0.357 e. The van der Waals surface area contributed by atoms with E-state index >= 15 is 0 Å². The summed E-state index contributed by atoms with van der Waals surface area (Å²) in [5, 5.41) is 6.72. The van der Waals surface area contributed by atoms with E-state index in [0.717, 1.165) is 38.2 Å². The molecule has 0 heterocycles. The third kappa shape index (κ3) is 5.86. The maximum atomic E-state index is 12.7. The van der Waals surface area contributed by atoms with Crippen LogP contribution >= 0.6 is 24.0 Å². The highest BCUT2D eigenvalue weighted by molar-refractivity contribution is 14.0. The zero-order chi connectivity index (χ0) is 18.3. The highest BCUT2D eigenvalue weighted by Gasteiger charge is 2.42. The summed E-state index contributed by atoms with van der Waals surface area (Å²) in [7, 11) is 3.69. The number of halogens is 1. The van der Waals surface area contributed by atoms with Crippen molar-refractivity contribution in [2.75, 3.05) is 27.2 Å². The number of hydrogen-bond acceptors (Lipinski definition) is 2. The molecule has 1 aromatic carbocycles. The molecule has 0 bridgehead atoms. The first kappa shape index (κ1) is 22.7. The minimum atomic E-state index is -0.289. The number of nitrogens with zero attached hydrogens (tertiary/aromatic N) is 2. The standard InChI is InChI=1S/C20H32N4O.HI/c1-5-21-19(22-14-17-11-7-6-10-16(17)2)23-15-20(12-8-9-13-20)18(25)24(3)4;/h6-7,10-11H,5,8-9,12-15H2,1-4H3,(H2,21,22,23);1H. The Hall–Kier alpha value is -1.31. The van der Waals surface area contributed by atoms with Crippen molar-refractivity contribution in [2.24, 2.45) is 10.4 Å². The van der Waals surface area contributed by atoms with Crippen molar-refractivity contribution in [3.8, 4) is 0 Å². The van der Waals surface area contributed by atoms with Gasteiger partial charge in [-0.25, -0.2) is 4.99 Å². The number of aliphatic imine (C=N–C) groups is 1. The Kier molecular flexibility index (Phi) is 9.39. The Bertz CT molecular complexity index is 610. The Labute approximate surface area is 175 Å². The van der Waals surface area contributed by atoms with E-state index in [9.17, 15) is 4.79 Å². The average molecular weight is 472 g/mol. The van der Waals surface area contributed by atoms with Gasteiger partial charge >= 0.3 is 0 Å². The van der Waals surface area contributed by atoms with Crippen molar-refractivity contribution in [2.45, 2.75) is 46.1 Å². The van der Waals surface area contributed by atoms with Gasteiger partial charge in [-0.1, -0.05) is 37.1 Å². The molecule has 26 heavy (non-hydrogen) atoms. The van der Waals surface area contributed by atoms with E-state index in [-0.39, 0.29) is 35.3 Å². The topological polar surface area (TPSA) is 56.7 Å². The lowest BCUT2D eigenvalue weighted by Gasteiger charge is -2.31. The van der Waals surface area contributed by atoms with Crippen molar-refractivity contribution in [3.05, 3.63) is 35.4 Å². The normalized spacial score (nSPS) is 15.9. The molecule has 0 spiro atoms. The molecule has 0 aromatic heterocycles. The molecule has 1 saturated carbocycles. The number of guanidine groups is 1. The van der Waals surface area contributed by atoms with E-state index in [1.54, 1.807) is 4.90 Å². The lowest BCUT2D eigenvalue weighted by molar-refractivity contribution is -0.138. The molecule has 5 nitrogen and oxygen atoms in total. The number of benzene rings is 1. The SMILES string of the molecule is CCNC(=NCc1ccccc1C)NCC1(C(=O)N(C)C)CCCC1.I. The van der Waals surface area contributed by atoms with E-state index < -0.39 is 0 Å². The summed E-state index contributed by atoms with van der Waals surface area (Å²) in [5.74, 6) is 1.01.